The van der Waals surface area contributed by atoms with Gasteiger partial charge in [-0.3, -0.25) is 14.4 Å². The number of nitrogens with one attached hydrogen (secondary N) is 2. The Bertz CT molecular complexity index is 748. The Kier molecular flexibility index (Phi) is 7.38. The number of amides is 2. The third-order valence-electron chi connectivity index (χ3n) is 3.23. The molecule has 0 radical (unpaired) electrons. The maximum atomic E-state index is 12.2. The van der Waals surface area contributed by atoms with Crippen molar-refractivity contribution in [1.29, 1.82) is 0 Å². The molecule has 0 fully saturated rings. The van der Waals surface area contributed by atoms with Gasteiger partial charge in [0, 0.05) is 16.8 Å². The van der Waals surface area contributed by atoms with Gasteiger partial charge < -0.3 is 15.7 Å². The average Bonchev–Trinajstić information content (AvgIpc) is 2.50. The number of sulfone groups is 1. The number of hydrogen-bond donors (Lipinski definition) is 3. The third-order valence-corrected chi connectivity index (χ3v) is 4.46. The van der Waals surface area contributed by atoms with Gasteiger partial charge >= 0.3 is 5.97 Å². The van der Waals surface area contributed by atoms with Crippen LogP contribution >= 0.6 is 11.6 Å². The quantitative estimate of drug-likeness (QED) is 0.591. The summed E-state index contributed by atoms with van der Waals surface area (Å²) < 4.78 is 22.7. The van der Waals surface area contributed by atoms with Crippen LogP contribution in [0.5, 0.6) is 0 Å². The van der Waals surface area contributed by atoms with E-state index in [1.54, 1.807) is 0 Å². The first-order chi connectivity index (χ1) is 11.5. The molecular formula is C15H19ClN2O6S. The second kappa shape index (κ2) is 8.82. The van der Waals surface area contributed by atoms with Gasteiger partial charge in [-0.25, -0.2) is 8.42 Å². The van der Waals surface area contributed by atoms with Crippen LogP contribution < -0.4 is 10.6 Å². The third kappa shape index (κ3) is 7.53. The molecule has 2 amide bonds. The second-order valence-corrected chi connectivity index (χ2v) is 8.22. The lowest BCUT2D eigenvalue weighted by molar-refractivity contribution is -0.141. The number of benzene rings is 1. The van der Waals surface area contributed by atoms with Crippen molar-refractivity contribution in [1.82, 2.24) is 10.6 Å². The fourth-order valence-electron chi connectivity index (χ4n) is 1.82. The highest BCUT2D eigenvalue weighted by molar-refractivity contribution is 7.90. The first-order valence-electron chi connectivity index (χ1n) is 7.27. The van der Waals surface area contributed by atoms with Crippen molar-refractivity contribution in [3.8, 4) is 0 Å². The first kappa shape index (κ1) is 20.9. The van der Waals surface area contributed by atoms with Crippen molar-refractivity contribution in [3.05, 3.63) is 34.9 Å². The van der Waals surface area contributed by atoms with E-state index in [4.69, 9.17) is 16.7 Å². The van der Waals surface area contributed by atoms with Gasteiger partial charge in [-0.15, -0.1) is 0 Å². The molecule has 0 aliphatic carbocycles. The highest BCUT2D eigenvalue weighted by Gasteiger charge is 2.25. The summed E-state index contributed by atoms with van der Waals surface area (Å²) in [6, 6.07) is 3.51. The summed E-state index contributed by atoms with van der Waals surface area (Å²) in [7, 11) is -3.37. The zero-order chi connectivity index (χ0) is 19.2. The van der Waals surface area contributed by atoms with Crippen LogP contribution in [0.1, 0.15) is 23.7 Å². The lowest BCUT2D eigenvalue weighted by atomic mass is 10.1. The van der Waals surface area contributed by atoms with E-state index in [1.807, 2.05) is 0 Å². The average molecular weight is 391 g/mol. The van der Waals surface area contributed by atoms with E-state index in [0.29, 0.717) is 5.02 Å². The van der Waals surface area contributed by atoms with Crippen molar-refractivity contribution in [2.45, 2.75) is 25.4 Å². The van der Waals surface area contributed by atoms with Gasteiger partial charge in [0.1, 0.15) is 21.9 Å². The molecule has 0 aliphatic heterocycles. The Morgan fingerprint density at radius 1 is 1.16 bits per heavy atom. The molecule has 0 bridgehead atoms. The normalized spacial score (nSPS) is 13.6. The zero-order valence-corrected chi connectivity index (χ0v) is 15.2. The minimum Gasteiger partial charge on any atom is -0.480 e. The predicted molar refractivity (Wildman–Crippen MR) is 92.3 cm³/mol. The molecule has 1 aromatic rings. The van der Waals surface area contributed by atoms with E-state index in [0.717, 1.165) is 6.26 Å². The van der Waals surface area contributed by atoms with Crippen molar-refractivity contribution in [2.24, 2.45) is 0 Å². The maximum absolute atomic E-state index is 12.2. The summed E-state index contributed by atoms with van der Waals surface area (Å²) in [6.07, 6.45) is 0.819. The van der Waals surface area contributed by atoms with Crippen molar-refractivity contribution < 1.29 is 27.9 Å². The van der Waals surface area contributed by atoms with Gasteiger partial charge in [-0.1, -0.05) is 11.6 Å². The minimum atomic E-state index is -3.37. The molecule has 1 rings (SSSR count). The molecule has 2 atom stereocenters. The SMILES string of the molecule is C[C@H](NC(=O)C(CCS(C)(=O)=O)NC(=O)c1ccc(Cl)cc1)C(=O)O. The van der Waals surface area contributed by atoms with Crippen LogP contribution in [0, 0.1) is 0 Å². The number of carbonyl (C=O) groups is 3. The van der Waals surface area contributed by atoms with E-state index in [9.17, 15) is 22.8 Å². The van der Waals surface area contributed by atoms with E-state index in [1.165, 1.54) is 31.2 Å². The lowest BCUT2D eigenvalue weighted by Gasteiger charge is -2.19. The molecule has 1 unspecified atom stereocenters. The Hall–Kier alpha value is -2.13. The lowest BCUT2D eigenvalue weighted by Crippen LogP contribution is -2.51. The fraction of sp³-hybridized carbons (Fsp3) is 0.400. The molecule has 0 heterocycles. The molecule has 10 heteroatoms. The first-order valence-corrected chi connectivity index (χ1v) is 9.71. The number of carboxylic acids is 1. The second-order valence-electron chi connectivity index (χ2n) is 5.52. The molecule has 138 valence electrons. The molecular weight excluding hydrogens is 372 g/mol. The van der Waals surface area contributed by atoms with E-state index >= 15 is 0 Å². The molecule has 25 heavy (non-hydrogen) atoms. The van der Waals surface area contributed by atoms with Crippen molar-refractivity contribution >= 4 is 39.2 Å². The Morgan fingerprint density at radius 2 is 1.72 bits per heavy atom. The molecule has 0 aromatic heterocycles. The van der Waals surface area contributed by atoms with Crippen molar-refractivity contribution in [3.63, 3.8) is 0 Å². The summed E-state index contributed by atoms with van der Waals surface area (Å²) in [5.41, 5.74) is 0.229. The van der Waals surface area contributed by atoms with Crippen LogP contribution in [0.4, 0.5) is 0 Å². The van der Waals surface area contributed by atoms with Crippen LogP contribution in [0.2, 0.25) is 5.02 Å². The number of rotatable bonds is 8. The number of halogens is 1. The molecule has 8 nitrogen and oxygen atoms in total. The smallest absolute Gasteiger partial charge is 0.325 e. The largest absolute Gasteiger partial charge is 0.480 e. The van der Waals surface area contributed by atoms with Gasteiger partial charge in [0.05, 0.1) is 5.75 Å². The predicted octanol–water partition coefficient (Wildman–Crippen LogP) is 0.462. The van der Waals surface area contributed by atoms with Gasteiger partial charge in [-0.2, -0.15) is 0 Å². The zero-order valence-electron chi connectivity index (χ0n) is 13.7. The molecule has 0 saturated heterocycles. The molecule has 3 N–H and O–H groups in total. The molecule has 0 aliphatic rings. The highest BCUT2D eigenvalue weighted by Crippen LogP contribution is 2.10. The van der Waals surface area contributed by atoms with Gasteiger partial charge in [-0.05, 0) is 37.6 Å². The molecule has 1 aromatic carbocycles. The van der Waals surface area contributed by atoms with Crippen LogP contribution in [-0.2, 0) is 19.4 Å². The van der Waals surface area contributed by atoms with E-state index in [2.05, 4.69) is 10.6 Å². The van der Waals surface area contributed by atoms with Crippen molar-refractivity contribution in [2.75, 3.05) is 12.0 Å². The maximum Gasteiger partial charge on any atom is 0.325 e. The van der Waals surface area contributed by atoms with Gasteiger partial charge in [0.25, 0.3) is 5.91 Å². The standard InChI is InChI=1S/C15H19ClN2O6S/c1-9(15(21)22)17-14(20)12(7-8-25(2,23)24)18-13(19)10-3-5-11(16)6-4-10/h3-6,9,12H,7-8H2,1-2H3,(H,17,20)(H,18,19)(H,21,22)/t9-,12?/m0/s1. The van der Waals surface area contributed by atoms with Crippen LogP contribution in [0.15, 0.2) is 24.3 Å². The van der Waals surface area contributed by atoms with Crippen LogP contribution in [0.3, 0.4) is 0 Å². The fourth-order valence-corrected chi connectivity index (χ4v) is 2.61. The summed E-state index contributed by atoms with van der Waals surface area (Å²) >= 11 is 5.74. The monoisotopic (exact) mass is 390 g/mol. The summed E-state index contributed by atoms with van der Waals surface area (Å²) in [5.74, 6) is -2.97. The van der Waals surface area contributed by atoms with Crippen LogP contribution in [-0.4, -0.2) is 55.4 Å². The van der Waals surface area contributed by atoms with Gasteiger partial charge in [0.2, 0.25) is 5.91 Å². The Morgan fingerprint density at radius 3 is 2.20 bits per heavy atom. The van der Waals surface area contributed by atoms with Crippen LogP contribution in [0.25, 0.3) is 0 Å². The summed E-state index contributed by atoms with van der Waals surface area (Å²) in [6.45, 7) is 1.26. The Labute approximate surface area is 150 Å². The minimum absolute atomic E-state index is 0.184. The summed E-state index contributed by atoms with van der Waals surface area (Å²) in [4.78, 5) is 35.2. The highest BCUT2D eigenvalue weighted by atomic mass is 35.5. The van der Waals surface area contributed by atoms with E-state index in [-0.39, 0.29) is 17.7 Å². The molecule has 0 spiro atoms. The topological polar surface area (TPSA) is 130 Å². The summed E-state index contributed by atoms with van der Waals surface area (Å²) in [5, 5.41) is 13.9. The van der Waals surface area contributed by atoms with E-state index < -0.39 is 39.7 Å². The Balaban J connectivity index is 2.89. The number of carbonyl (C=O) groups excluding carboxylic acids is 2. The number of hydrogen-bond acceptors (Lipinski definition) is 5. The van der Waals surface area contributed by atoms with Gasteiger partial charge in [0.15, 0.2) is 0 Å². The number of carboxylic acid groups (broad SMARTS) is 1. The number of aliphatic carboxylic acids is 1. The molecule has 0 saturated carbocycles.